The van der Waals surface area contributed by atoms with Gasteiger partial charge >= 0.3 is 6.09 Å². The minimum atomic E-state index is -0.252. The molecule has 2 aliphatic heterocycles. The summed E-state index contributed by atoms with van der Waals surface area (Å²) in [6.07, 6.45) is 2.18. The standard InChI is InChI=1S/C22H19ClN2O4S2/c1-2-25-15(12-28-22(25)27)9-13-3-6-16(7-4-13)29-17-8-5-14(18(23)11-17)10-19-20(26)24-21(30)31-19/h3-8,10-11,15H,2,9,12H2,1H3,(H,24,26,30). The van der Waals surface area contributed by atoms with Gasteiger partial charge in [0.15, 0.2) is 0 Å². The van der Waals surface area contributed by atoms with Crippen molar-refractivity contribution in [3.8, 4) is 11.5 Å². The highest BCUT2D eigenvalue weighted by Crippen LogP contribution is 2.32. The van der Waals surface area contributed by atoms with E-state index in [-0.39, 0.29) is 18.0 Å². The number of nitrogens with zero attached hydrogens (tertiary/aromatic N) is 1. The van der Waals surface area contributed by atoms with Crippen LogP contribution in [0.5, 0.6) is 11.5 Å². The zero-order chi connectivity index (χ0) is 22.0. The average Bonchev–Trinajstić information content (AvgIpc) is 3.25. The van der Waals surface area contributed by atoms with Crippen molar-refractivity contribution >= 4 is 58.0 Å². The molecule has 1 N–H and O–H groups in total. The molecule has 0 radical (unpaired) electrons. The number of halogens is 1. The smallest absolute Gasteiger partial charge is 0.410 e. The largest absolute Gasteiger partial charge is 0.457 e. The molecule has 0 aliphatic carbocycles. The van der Waals surface area contributed by atoms with Crippen molar-refractivity contribution < 1.29 is 19.1 Å². The Kier molecular flexibility index (Phi) is 6.50. The van der Waals surface area contributed by atoms with Crippen LogP contribution < -0.4 is 10.1 Å². The highest BCUT2D eigenvalue weighted by molar-refractivity contribution is 8.26. The van der Waals surface area contributed by atoms with Crippen molar-refractivity contribution in [2.75, 3.05) is 13.2 Å². The molecule has 6 nitrogen and oxygen atoms in total. The highest BCUT2D eigenvalue weighted by Gasteiger charge is 2.31. The van der Waals surface area contributed by atoms with Gasteiger partial charge in [0.25, 0.3) is 5.91 Å². The number of thiocarbonyl (C=S) groups is 1. The third-order valence-electron chi connectivity index (χ3n) is 4.95. The molecule has 0 bridgehead atoms. The van der Waals surface area contributed by atoms with Crippen molar-refractivity contribution in [3.63, 3.8) is 0 Å². The minimum Gasteiger partial charge on any atom is -0.457 e. The second kappa shape index (κ2) is 9.30. The summed E-state index contributed by atoms with van der Waals surface area (Å²) >= 11 is 12.6. The predicted octanol–water partition coefficient (Wildman–Crippen LogP) is 5.00. The Hall–Kier alpha value is -2.55. The highest BCUT2D eigenvalue weighted by atomic mass is 35.5. The molecule has 4 rings (SSSR count). The van der Waals surface area contributed by atoms with Crippen LogP contribution in [0.25, 0.3) is 6.08 Å². The molecule has 9 heteroatoms. The molecule has 2 heterocycles. The van der Waals surface area contributed by atoms with Crippen molar-refractivity contribution in [1.82, 2.24) is 10.2 Å². The Labute approximate surface area is 194 Å². The van der Waals surface area contributed by atoms with E-state index in [0.29, 0.717) is 44.5 Å². The van der Waals surface area contributed by atoms with Gasteiger partial charge in [0.05, 0.1) is 16.0 Å². The Morgan fingerprint density at radius 1 is 1.26 bits per heavy atom. The second-order valence-corrected chi connectivity index (χ2v) is 9.13. The van der Waals surface area contributed by atoms with Gasteiger partial charge in [-0.1, -0.05) is 47.7 Å². The molecule has 0 saturated carbocycles. The maximum atomic E-state index is 11.8. The molecule has 2 aromatic rings. The fourth-order valence-electron chi connectivity index (χ4n) is 3.40. The Bertz CT molecular complexity index is 1070. The maximum Gasteiger partial charge on any atom is 0.410 e. The van der Waals surface area contributed by atoms with Gasteiger partial charge in [0.2, 0.25) is 0 Å². The van der Waals surface area contributed by atoms with Gasteiger partial charge in [-0.25, -0.2) is 4.79 Å². The molecule has 1 atom stereocenters. The van der Waals surface area contributed by atoms with Crippen LogP contribution in [0.3, 0.4) is 0 Å². The van der Waals surface area contributed by atoms with Crippen molar-refractivity contribution in [2.24, 2.45) is 0 Å². The van der Waals surface area contributed by atoms with E-state index in [0.717, 1.165) is 12.0 Å². The number of hydrogen-bond donors (Lipinski definition) is 1. The van der Waals surface area contributed by atoms with E-state index in [1.165, 1.54) is 11.8 Å². The Balaban J connectivity index is 1.41. The van der Waals surface area contributed by atoms with Crippen LogP contribution in [-0.4, -0.2) is 40.4 Å². The number of nitrogens with one attached hydrogen (secondary N) is 1. The lowest BCUT2D eigenvalue weighted by Crippen LogP contribution is -2.34. The topological polar surface area (TPSA) is 67.9 Å². The van der Waals surface area contributed by atoms with Crippen molar-refractivity contribution in [2.45, 2.75) is 19.4 Å². The lowest BCUT2D eigenvalue weighted by Gasteiger charge is -2.19. The van der Waals surface area contributed by atoms with Crippen molar-refractivity contribution in [1.29, 1.82) is 0 Å². The van der Waals surface area contributed by atoms with Crippen LogP contribution in [0, 0.1) is 0 Å². The van der Waals surface area contributed by atoms with Crippen LogP contribution in [0.2, 0.25) is 5.02 Å². The quantitative estimate of drug-likeness (QED) is 0.469. The van der Waals surface area contributed by atoms with Crippen LogP contribution in [0.4, 0.5) is 4.79 Å². The molecule has 2 amide bonds. The third kappa shape index (κ3) is 5.03. The van der Waals surface area contributed by atoms with Crippen molar-refractivity contribution in [3.05, 3.63) is 63.5 Å². The number of hydrogen-bond acceptors (Lipinski definition) is 6. The summed E-state index contributed by atoms with van der Waals surface area (Å²) in [5, 5.41) is 3.05. The van der Waals surface area contributed by atoms with E-state index < -0.39 is 0 Å². The monoisotopic (exact) mass is 474 g/mol. The average molecular weight is 475 g/mol. The van der Waals surface area contributed by atoms with Gasteiger partial charge in [0, 0.05) is 6.54 Å². The lowest BCUT2D eigenvalue weighted by molar-refractivity contribution is -0.115. The number of carbonyl (C=O) groups excluding carboxylic acids is 2. The first-order chi connectivity index (χ1) is 14.9. The normalized spacial score (nSPS) is 19.7. The summed E-state index contributed by atoms with van der Waals surface area (Å²) in [6.45, 7) is 2.99. The van der Waals surface area contributed by atoms with Crippen LogP contribution in [0.15, 0.2) is 47.4 Å². The molecule has 1 unspecified atom stereocenters. The number of likely N-dealkylation sites (N-methyl/N-ethyl adjacent to an activating group) is 1. The van der Waals surface area contributed by atoms with E-state index in [1.54, 1.807) is 29.2 Å². The third-order valence-corrected chi connectivity index (χ3v) is 6.44. The number of amides is 2. The van der Waals surface area contributed by atoms with E-state index >= 15 is 0 Å². The van der Waals surface area contributed by atoms with Gasteiger partial charge in [-0.05, 0) is 60.9 Å². The van der Waals surface area contributed by atoms with Gasteiger partial charge in [0.1, 0.15) is 22.4 Å². The zero-order valence-corrected chi connectivity index (χ0v) is 19.0. The van der Waals surface area contributed by atoms with E-state index in [1.807, 2.05) is 31.2 Å². The SMILES string of the molecule is CCN1C(=O)OCC1Cc1ccc(Oc2ccc(C=C3SC(=S)NC3=O)c(Cl)c2)cc1. The molecule has 2 aliphatic rings. The van der Waals surface area contributed by atoms with E-state index in [2.05, 4.69) is 5.32 Å². The van der Waals surface area contributed by atoms with E-state index in [9.17, 15) is 9.59 Å². The number of thioether (sulfide) groups is 1. The predicted molar refractivity (Wildman–Crippen MR) is 125 cm³/mol. The summed E-state index contributed by atoms with van der Waals surface area (Å²) in [5.74, 6) is 1.04. The molecule has 0 spiro atoms. The first kappa shape index (κ1) is 21.7. The first-order valence-electron chi connectivity index (χ1n) is 9.67. The molecular formula is C22H19ClN2O4S2. The zero-order valence-electron chi connectivity index (χ0n) is 16.6. The first-order valence-corrected chi connectivity index (χ1v) is 11.3. The lowest BCUT2D eigenvalue weighted by atomic mass is 10.1. The number of cyclic esters (lactones) is 1. The Morgan fingerprint density at radius 3 is 2.65 bits per heavy atom. The van der Waals surface area contributed by atoms with Gasteiger partial charge in [-0.3, -0.25) is 4.79 Å². The molecular weight excluding hydrogens is 456 g/mol. The minimum absolute atomic E-state index is 0.0548. The van der Waals surface area contributed by atoms with Crippen LogP contribution in [0.1, 0.15) is 18.1 Å². The van der Waals surface area contributed by atoms with Gasteiger partial charge < -0.3 is 19.7 Å². The summed E-state index contributed by atoms with van der Waals surface area (Å²) in [4.78, 5) is 25.7. The summed E-state index contributed by atoms with van der Waals surface area (Å²) in [5.41, 5.74) is 1.81. The maximum absolute atomic E-state index is 11.8. The molecule has 2 aromatic carbocycles. The summed E-state index contributed by atoms with van der Waals surface area (Å²) in [7, 11) is 0. The molecule has 2 saturated heterocycles. The summed E-state index contributed by atoms with van der Waals surface area (Å²) < 4.78 is 11.5. The molecule has 160 valence electrons. The Morgan fingerprint density at radius 2 is 2.00 bits per heavy atom. The second-order valence-electron chi connectivity index (χ2n) is 7.00. The summed E-state index contributed by atoms with van der Waals surface area (Å²) in [6, 6.07) is 13.1. The fraction of sp³-hybridized carbons (Fsp3) is 0.227. The van der Waals surface area contributed by atoms with Gasteiger partial charge in [-0.2, -0.15) is 0 Å². The fourth-order valence-corrected chi connectivity index (χ4v) is 4.66. The molecule has 2 fully saturated rings. The molecule has 0 aromatic heterocycles. The number of benzene rings is 2. The molecule has 31 heavy (non-hydrogen) atoms. The van der Waals surface area contributed by atoms with Crippen LogP contribution in [-0.2, 0) is 16.0 Å². The number of carbonyl (C=O) groups is 2. The van der Waals surface area contributed by atoms with Crippen LogP contribution >= 0.6 is 35.6 Å². The van der Waals surface area contributed by atoms with E-state index in [4.69, 9.17) is 33.3 Å². The number of rotatable bonds is 6. The van der Waals surface area contributed by atoms with Gasteiger partial charge in [-0.15, -0.1) is 0 Å². The number of ether oxygens (including phenoxy) is 2.